The van der Waals surface area contributed by atoms with Crippen molar-refractivity contribution >= 4 is 17.9 Å². The molecule has 0 aromatic rings. The molecular weight excluding hydrogens is 661 g/mol. The van der Waals surface area contributed by atoms with E-state index >= 15 is 0 Å². The first-order chi connectivity index (χ1) is 25.5. The van der Waals surface area contributed by atoms with Crippen LogP contribution < -0.4 is 0 Å². The van der Waals surface area contributed by atoms with Gasteiger partial charge in [-0.1, -0.05) is 27.7 Å². The molecule has 12 rings (SSSR count). The van der Waals surface area contributed by atoms with Crippen molar-refractivity contribution in [3.63, 3.8) is 0 Å². The lowest BCUT2D eigenvalue weighted by Gasteiger charge is -2.47. The molecule has 294 valence electrons. The minimum Gasteiger partial charge on any atom is -0.481 e. The molecule has 0 spiro atoms. The summed E-state index contributed by atoms with van der Waals surface area (Å²) >= 11 is 0. The third-order valence-electron chi connectivity index (χ3n) is 20.2. The Labute approximate surface area is 319 Å². The topological polar surface area (TPSA) is 89.9 Å². The highest BCUT2D eigenvalue weighted by Crippen LogP contribution is 2.78. The number of aliphatic carboxylic acids is 1. The number of hydrogen-bond donors (Lipinski definition) is 1. The van der Waals surface area contributed by atoms with Gasteiger partial charge in [0.05, 0.1) is 11.3 Å². The summed E-state index contributed by atoms with van der Waals surface area (Å²) in [6, 6.07) is 0. The van der Waals surface area contributed by atoms with Crippen LogP contribution in [-0.4, -0.2) is 35.2 Å². The molecule has 0 aliphatic heterocycles. The third kappa shape index (κ3) is 4.95. The zero-order valence-electron chi connectivity index (χ0n) is 33.7. The number of carbonyl (C=O) groups excluding carboxylic acids is 2. The molecule has 12 fully saturated rings. The standard InChI is InChI=1S/C43H60O4.C2H4O2.C2H6/c1-4-43(3,42(45)47-32-14-24-12-26(32)40-30-16-28(38(24)40)34-20-6-8-22(10-20)36(30)34)17-18(2)41(44)46-31-13-23-11-25(31)39-29-15-27(37(23)39)33-19-5-7-21(9-19)35(29)33;1-2(3)4;1-2/h18-40H,4-17H2,1-3H3;1H3,(H,3,4);1-2H3. The summed E-state index contributed by atoms with van der Waals surface area (Å²) in [5, 5.41) is 7.42. The molecule has 12 aliphatic carbocycles. The fraction of sp³-hybridized carbons (Fsp3) is 0.936. The van der Waals surface area contributed by atoms with E-state index in [1.807, 2.05) is 20.8 Å². The van der Waals surface area contributed by atoms with Gasteiger partial charge in [-0.15, -0.1) is 0 Å². The molecule has 0 radical (unpaired) electrons. The Balaban J connectivity index is 0.000000549. The van der Waals surface area contributed by atoms with Crippen molar-refractivity contribution in [2.45, 2.75) is 144 Å². The van der Waals surface area contributed by atoms with Crippen LogP contribution in [0.25, 0.3) is 0 Å². The number of esters is 2. The van der Waals surface area contributed by atoms with Gasteiger partial charge in [0.15, 0.2) is 0 Å². The molecule has 6 nitrogen and oxygen atoms in total. The van der Waals surface area contributed by atoms with E-state index < -0.39 is 11.4 Å². The molecule has 12 bridgehead atoms. The van der Waals surface area contributed by atoms with E-state index in [0.29, 0.717) is 18.3 Å². The summed E-state index contributed by atoms with van der Waals surface area (Å²) in [4.78, 5) is 36.8. The quantitative estimate of drug-likeness (QED) is 0.207. The monoisotopic (exact) mass is 731 g/mol. The zero-order valence-corrected chi connectivity index (χ0v) is 33.7. The van der Waals surface area contributed by atoms with Gasteiger partial charge in [0.1, 0.15) is 12.2 Å². The molecule has 0 heterocycles. The predicted octanol–water partition coefficient (Wildman–Crippen LogP) is 9.54. The second kappa shape index (κ2) is 12.7. The first-order valence-corrected chi connectivity index (χ1v) is 23.2. The summed E-state index contributed by atoms with van der Waals surface area (Å²) in [6.45, 7) is 11.3. The van der Waals surface area contributed by atoms with Crippen molar-refractivity contribution in [3.8, 4) is 0 Å². The lowest BCUT2D eigenvalue weighted by atomic mass is 9.59. The van der Waals surface area contributed by atoms with Crippen LogP contribution in [0.2, 0.25) is 0 Å². The number of carboxylic acid groups (broad SMARTS) is 1. The highest BCUT2D eigenvalue weighted by molar-refractivity contribution is 5.79. The first kappa shape index (κ1) is 35.8. The summed E-state index contributed by atoms with van der Waals surface area (Å²) in [5.74, 6) is 17.4. The second-order valence-electron chi connectivity index (χ2n) is 21.7. The van der Waals surface area contributed by atoms with Crippen molar-refractivity contribution in [3.05, 3.63) is 0 Å². The van der Waals surface area contributed by atoms with Crippen LogP contribution in [0.5, 0.6) is 0 Å². The van der Waals surface area contributed by atoms with Gasteiger partial charge in [-0.25, -0.2) is 0 Å². The smallest absolute Gasteiger partial charge is 0.312 e. The van der Waals surface area contributed by atoms with Crippen LogP contribution >= 0.6 is 0 Å². The van der Waals surface area contributed by atoms with E-state index in [4.69, 9.17) is 19.4 Å². The van der Waals surface area contributed by atoms with E-state index in [2.05, 4.69) is 13.8 Å². The number of hydrogen-bond acceptors (Lipinski definition) is 5. The van der Waals surface area contributed by atoms with Gasteiger partial charge in [0.25, 0.3) is 5.97 Å². The molecule has 12 saturated carbocycles. The number of rotatable bonds is 7. The SMILES string of the molecule is CC.CC(=O)O.CCC(C)(CC(C)C(=O)OC1CC2CC1C1C3CC(C4C5CCC(C5)C34)C21)C(=O)OC1CC2CC1C1C3CC(C4C5CCC(C5)C34)C21. The van der Waals surface area contributed by atoms with E-state index in [1.54, 1.807) is 0 Å². The molecule has 24 atom stereocenters. The van der Waals surface area contributed by atoms with Crippen molar-refractivity contribution in [2.24, 2.45) is 130 Å². The molecule has 12 aliphatic rings. The largest absolute Gasteiger partial charge is 0.481 e. The van der Waals surface area contributed by atoms with Crippen LogP contribution in [0, 0.1) is 130 Å². The molecule has 0 amide bonds. The maximum atomic E-state index is 14.0. The van der Waals surface area contributed by atoms with Gasteiger partial charge < -0.3 is 14.6 Å². The molecule has 0 aromatic heterocycles. The van der Waals surface area contributed by atoms with Gasteiger partial charge >= 0.3 is 11.9 Å². The van der Waals surface area contributed by atoms with Gasteiger partial charge in [0, 0.05) is 6.92 Å². The number of carboxylic acids is 1. The molecule has 0 aromatic carbocycles. The summed E-state index contributed by atoms with van der Waals surface area (Å²) < 4.78 is 13.1. The van der Waals surface area contributed by atoms with E-state index in [0.717, 1.165) is 133 Å². The summed E-state index contributed by atoms with van der Waals surface area (Å²) in [6.07, 6.45) is 18.5. The van der Waals surface area contributed by atoms with Crippen molar-refractivity contribution in [1.29, 1.82) is 0 Å². The molecule has 0 saturated heterocycles. The normalized spacial score (nSPS) is 55.4. The highest BCUT2D eigenvalue weighted by atomic mass is 16.6. The molecular formula is C47H70O6. The number of fused-ring (bicyclic) bond motifs is 32. The summed E-state index contributed by atoms with van der Waals surface area (Å²) in [7, 11) is 0. The molecule has 53 heavy (non-hydrogen) atoms. The van der Waals surface area contributed by atoms with E-state index in [1.165, 1.54) is 64.2 Å². The minimum atomic E-state index is -0.833. The van der Waals surface area contributed by atoms with Crippen molar-refractivity contribution in [1.82, 2.24) is 0 Å². The molecule has 24 unspecified atom stereocenters. The van der Waals surface area contributed by atoms with Crippen molar-refractivity contribution in [2.75, 3.05) is 0 Å². The third-order valence-corrected chi connectivity index (χ3v) is 20.2. The Morgan fingerprint density at radius 3 is 1.38 bits per heavy atom. The molecule has 1 N–H and O–H groups in total. The average Bonchev–Trinajstić information content (AvgIpc) is 3.99. The number of carbonyl (C=O) groups is 3. The highest BCUT2D eigenvalue weighted by Gasteiger charge is 2.73. The van der Waals surface area contributed by atoms with E-state index in [-0.39, 0.29) is 30.1 Å². The Morgan fingerprint density at radius 2 is 0.962 bits per heavy atom. The van der Waals surface area contributed by atoms with E-state index in [9.17, 15) is 9.59 Å². The van der Waals surface area contributed by atoms with Crippen LogP contribution in [-0.2, 0) is 23.9 Å². The van der Waals surface area contributed by atoms with Crippen LogP contribution in [0.15, 0.2) is 0 Å². The fourth-order valence-corrected chi connectivity index (χ4v) is 19.4. The van der Waals surface area contributed by atoms with Gasteiger partial charge in [-0.3, -0.25) is 14.4 Å². The predicted molar refractivity (Wildman–Crippen MR) is 202 cm³/mol. The average molecular weight is 731 g/mol. The minimum absolute atomic E-state index is 0.0279. The zero-order chi connectivity index (χ0) is 36.8. The van der Waals surface area contributed by atoms with Gasteiger partial charge in [-0.2, -0.15) is 0 Å². The lowest BCUT2D eigenvalue weighted by Crippen LogP contribution is -2.46. The molecule has 6 heteroatoms. The maximum absolute atomic E-state index is 14.0. The van der Waals surface area contributed by atoms with Gasteiger partial charge in [0.2, 0.25) is 0 Å². The first-order valence-electron chi connectivity index (χ1n) is 23.2. The Bertz CT molecular complexity index is 1490. The van der Waals surface area contributed by atoms with Crippen molar-refractivity contribution < 1.29 is 29.0 Å². The lowest BCUT2D eigenvalue weighted by molar-refractivity contribution is -0.170. The Morgan fingerprint density at radius 1 is 0.585 bits per heavy atom. The van der Waals surface area contributed by atoms with Crippen LogP contribution in [0.3, 0.4) is 0 Å². The van der Waals surface area contributed by atoms with Gasteiger partial charge in [-0.05, 0) is 215 Å². The number of ether oxygens (including phenoxy) is 2. The fourth-order valence-electron chi connectivity index (χ4n) is 19.4. The summed E-state index contributed by atoms with van der Waals surface area (Å²) in [5.41, 5.74) is -0.620. The maximum Gasteiger partial charge on any atom is 0.312 e. The van der Waals surface area contributed by atoms with Crippen LogP contribution in [0.4, 0.5) is 0 Å². The second-order valence-corrected chi connectivity index (χ2v) is 21.7. The van der Waals surface area contributed by atoms with Crippen LogP contribution in [0.1, 0.15) is 131 Å². The Hall–Kier alpha value is -1.59. The Kier molecular flexibility index (Phi) is 8.58.